The number of alkyl halides is 1. The minimum atomic E-state index is -2.62. The average Bonchev–Trinajstić information content (AvgIpc) is 3.77. The number of halogens is 1. The molecule has 5 rings (SSSR count). The Labute approximate surface area is 339 Å². The van der Waals surface area contributed by atoms with Crippen molar-refractivity contribution in [3.63, 3.8) is 0 Å². The zero-order chi connectivity index (χ0) is 42.0. The highest BCUT2D eigenvalue weighted by Gasteiger charge is 2.59. The van der Waals surface area contributed by atoms with Crippen LogP contribution in [0.2, 0.25) is 0 Å². The molecule has 0 saturated carbocycles. The van der Waals surface area contributed by atoms with Crippen molar-refractivity contribution >= 4 is 41.0 Å². The van der Waals surface area contributed by atoms with Gasteiger partial charge in [-0.2, -0.15) is 0 Å². The van der Waals surface area contributed by atoms with Gasteiger partial charge in [-0.25, -0.2) is 9.18 Å². The van der Waals surface area contributed by atoms with Gasteiger partial charge in [0.2, 0.25) is 0 Å². The average molecular weight is 815 g/mol. The highest BCUT2D eigenvalue weighted by molar-refractivity contribution is 7.16. The molecule has 3 fully saturated rings. The van der Waals surface area contributed by atoms with Gasteiger partial charge < -0.3 is 39.0 Å². The smallest absolute Gasteiger partial charge is 0.408 e. The first-order valence-electron chi connectivity index (χ1n) is 19.8. The van der Waals surface area contributed by atoms with Gasteiger partial charge in [-0.05, 0) is 85.3 Å². The third-order valence-corrected chi connectivity index (χ3v) is 13.0. The summed E-state index contributed by atoms with van der Waals surface area (Å²) in [7, 11) is 3.65. The maximum absolute atomic E-state index is 17.5. The Morgan fingerprint density at radius 3 is 2.35 bits per heavy atom. The zero-order valence-electron chi connectivity index (χ0n) is 34.7. The van der Waals surface area contributed by atoms with Crippen LogP contribution in [0.3, 0.4) is 0 Å². The van der Waals surface area contributed by atoms with E-state index in [1.807, 2.05) is 74.5 Å². The molecular formula is C43H59FN2O10S. The Kier molecular flexibility index (Phi) is 13.9. The highest BCUT2D eigenvalue weighted by Crippen LogP contribution is 2.42. The lowest BCUT2D eigenvalue weighted by atomic mass is 9.72. The number of aliphatic hydroxyl groups excluding tert-OH is 1. The predicted molar refractivity (Wildman–Crippen MR) is 214 cm³/mol. The number of amides is 1. The summed E-state index contributed by atoms with van der Waals surface area (Å²) < 4.78 is 48.4. The van der Waals surface area contributed by atoms with Crippen molar-refractivity contribution in [2.75, 3.05) is 20.7 Å². The van der Waals surface area contributed by atoms with Crippen molar-refractivity contribution in [2.24, 2.45) is 17.8 Å². The van der Waals surface area contributed by atoms with Crippen LogP contribution in [0.25, 0.3) is 16.5 Å². The molecule has 1 amide bonds. The number of Topliss-reactive ketones (excluding diaryl/α,β-unsaturated/α-hetero) is 2. The number of likely N-dealkylation sites (N-methyl/N-ethyl adjacent to an activating group) is 1. The molecule has 0 radical (unpaired) electrons. The summed E-state index contributed by atoms with van der Waals surface area (Å²) in [6.45, 7) is 12.2. The summed E-state index contributed by atoms with van der Waals surface area (Å²) in [4.78, 5) is 59.2. The van der Waals surface area contributed by atoms with Crippen LogP contribution in [-0.4, -0.2) is 114 Å². The lowest BCUT2D eigenvalue weighted by Gasteiger charge is -2.48. The number of hydrogen-bond donors (Lipinski definition) is 2. The molecule has 1 aromatic heterocycles. The van der Waals surface area contributed by atoms with Gasteiger partial charge in [-0.3, -0.25) is 14.4 Å². The van der Waals surface area contributed by atoms with E-state index in [-0.39, 0.29) is 25.2 Å². The molecule has 14 heteroatoms. The summed E-state index contributed by atoms with van der Waals surface area (Å²) in [5.41, 5.74) is -4.85. The first-order valence-corrected chi connectivity index (χ1v) is 20.6. The lowest BCUT2D eigenvalue weighted by molar-refractivity contribution is -0.297. The number of ketones is 2. The van der Waals surface area contributed by atoms with Gasteiger partial charge in [0.25, 0.3) is 0 Å². The first kappa shape index (κ1) is 44.6. The number of thiophene rings is 1. The number of cyclic esters (lactones) is 1. The molecule has 13 atom stereocenters. The number of aliphatic hydroxyl groups is 1. The molecule has 0 aliphatic carbocycles. The molecular weight excluding hydrogens is 756 g/mol. The minimum Gasteiger partial charge on any atom is -0.458 e. The molecule has 4 heterocycles. The Bertz CT molecular complexity index is 1790. The van der Waals surface area contributed by atoms with Crippen LogP contribution < -0.4 is 5.32 Å². The maximum Gasteiger partial charge on any atom is 0.408 e. The summed E-state index contributed by atoms with van der Waals surface area (Å²) in [6, 6.07) is 12.5. The monoisotopic (exact) mass is 814 g/mol. The molecule has 2 N–H and O–H groups in total. The number of alkyl carbamates (subject to hydrolysis) is 1. The molecule has 0 spiro atoms. The third kappa shape index (κ3) is 9.52. The van der Waals surface area contributed by atoms with E-state index in [4.69, 9.17) is 23.7 Å². The van der Waals surface area contributed by atoms with Crippen molar-refractivity contribution in [2.45, 2.75) is 134 Å². The van der Waals surface area contributed by atoms with E-state index in [1.165, 1.54) is 20.8 Å². The van der Waals surface area contributed by atoms with Gasteiger partial charge in [-0.15, -0.1) is 11.3 Å². The third-order valence-electron chi connectivity index (χ3n) is 11.9. The highest BCUT2D eigenvalue weighted by atomic mass is 32.1. The van der Waals surface area contributed by atoms with Crippen LogP contribution in [0, 0.1) is 17.8 Å². The van der Waals surface area contributed by atoms with Gasteiger partial charge in [0, 0.05) is 34.1 Å². The Hall–Kier alpha value is -3.53. The number of ether oxygens (including phenoxy) is 5. The normalized spacial score (nSPS) is 38.4. The van der Waals surface area contributed by atoms with E-state index in [0.717, 1.165) is 22.2 Å². The number of carbonyl (C=O) groups excluding carboxylic acids is 4. The second-order valence-electron chi connectivity index (χ2n) is 16.7. The molecule has 3 saturated heterocycles. The van der Waals surface area contributed by atoms with Gasteiger partial charge in [0.1, 0.15) is 18.1 Å². The van der Waals surface area contributed by atoms with Crippen molar-refractivity contribution in [1.82, 2.24) is 10.2 Å². The molecule has 57 heavy (non-hydrogen) atoms. The Morgan fingerprint density at radius 1 is 1.02 bits per heavy atom. The molecule has 314 valence electrons. The number of hydrogen-bond acceptors (Lipinski definition) is 12. The number of nitrogens with one attached hydrogen (secondary N) is 1. The van der Waals surface area contributed by atoms with Crippen LogP contribution in [0.5, 0.6) is 0 Å². The van der Waals surface area contributed by atoms with Gasteiger partial charge in [0.15, 0.2) is 29.1 Å². The van der Waals surface area contributed by atoms with E-state index in [0.29, 0.717) is 6.42 Å². The van der Waals surface area contributed by atoms with Crippen LogP contribution in [0.4, 0.5) is 9.18 Å². The predicted octanol–water partition coefficient (Wildman–Crippen LogP) is 6.38. The fourth-order valence-corrected chi connectivity index (χ4v) is 9.70. The number of esters is 1. The number of fused-ring (bicyclic) bond motifs is 1. The Balaban J connectivity index is 1.57. The molecule has 1 aromatic carbocycles. The van der Waals surface area contributed by atoms with Crippen molar-refractivity contribution in [3.8, 4) is 10.4 Å². The van der Waals surface area contributed by atoms with Crippen LogP contribution in [0.1, 0.15) is 79.5 Å². The summed E-state index contributed by atoms with van der Waals surface area (Å²) >= 11 is 1.58. The number of carbonyl (C=O) groups is 4. The van der Waals surface area contributed by atoms with Crippen LogP contribution in [0.15, 0.2) is 48.5 Å². The van der Waals surface area contributed by atoms with Crippen molar-refractivity contribution in [3.05, 3.63) is 53.4 Å². The summed E-state index contributed by atoms with van der Waals surface area (Å²) in [5, 5.41) is 14.2. The van der Waals surface area contributed by atoms with E-state index < -0.39 is 95.3 Å². The number of rotatable bonds is 9. The second kappa shape index (κ2) is 17.8. The fourth-order valence-electron chi connectivity index (χ4n) is 8.76. The van der Waals surface area contributed by atoms with Crippen LogP contribution in [-0.2, 0) is 38.1 Å². The second-order valence-corrected chi connectivity index (χ2v) is 17.8. The largest absolute Gasteiger partial charge is 0.458 e. The lowest BCUT2D eigenvalue weighted by Crippen LogP contribution is -2.62. The fraction of sp³-hybridized carbons (Fsp3) is 0.628. The van der Waals surface area contributed by atoms with Crippen molar-refractivity contribution < 1.29 is 52.4 Å². The SMILES string of the molecule is CC[C@H]1OC(=O)[C@H](C)C(=O)[C@H](C)[C@@H](O[C@@H]2O[C@H](C)C[C@H](N(C)C)[C@H]2O)[C@](C)(OC/C=C/c2ccc(-c3ccccc3)s2)C[C@](C)(F)C(=O)[C@H](C)[C@@H]2NC(=O)O[C@]12C. The van der Waals surface area contributed by atoms with Crippen molar-refractivity contribution in [1.29, 1.82) is 0 Å². The van der Waals surface area contributed by atoms with Gasteiger partial charge >= 0.3 is 12.1 Å². The van der Waals surface area contributed by atoms with Crippen LogP contribution >= 0.6 is 11.3 Å². The van der Waals surface area contributed by atoms with E-state index in [2.05, 4.69) is 5.32 Å². The van der Waals surface area contributed by atoms with E-state index in [9.17, 15) is 24.3 Å². The molecule has 3 aliphatic heterocycles. The van der Waals surface area contributed by atoms with E-state index >= 15 is 4.39 Å². The zero-order valence-corrected chi connectivity index (χ0v) is 35.5. The maximum atomic E-state index is 17.5. The quantitative estimate of drug-likeness (QED) is 0.215. The Morgan fingerprint density at radius 2 is 1.70 bits per heavy atom. The molecule has 12 nitrogen and oxygen atoms in total. The number of nitrogens with zero attached hydrogens (tertiary/aromatic N) is 1. The molecule has 0 unspecified atom stereocenters. The topological polar surface area (TPSA) is 150 Å². The van der Waals surface area contributed by atoms with Gasteiger partial charge in [0.05, 0.1) is 30.5 Å². The molecule has 0 bridgehead atoms. The minimum absolute atomic E-state index is 0.0825. The number of benzene rings is 1. The molecule has 3 aliphatic rings. The standard InChI is InChI=1S/C43H59FN2O10S/c1-11-32-43(8)35(45-40(51)56-43)27(5)36(49)41(6,44)23-42(7,52-21-15-18-29-19-20-31(57-29)28-16-13-12-14-17-28)37(25(3)33(47)26(4)38(50)54-32)55-39-34(48)30(46(9)10)22-24(2)53-39/h12-20,24-27,30,32,34-35,37,39,48H,11,21-23H2,1-10H3,(H,45,51)/b18-15+/t24-,25+,26-,27-,30+,32-,34-,35+,37-,39+,41+,42-,43-/m1/s1. The van der Waals surface area contributed by atoms with Gasteiger partial charge in [-0.1, -0.05) is 57.2 Å². The molecule has 2 aromatic rings. The summed E-state index contributed by atoms with van der Waals surface area (Å²) in [5.74, 6) is -5.98. The summed E-state index contributed by atoms with van der Waals surface area (Å²) in [6.07, 6.45) is -2.37. The first-order chi connectivity index (χ1) is 26.7. The van der Waals surface area contributed by atoms with E-state index in [1.54, 1.807) is 38.2 Å².